The van der Waals surface area contributed by atoms with Gasteiger partial charge in [-0.25, -0.2) is 0 Å². The van der Waals surface area contributed by atoms with Crippen LogP contribution in [0.3, 0.4) is 0 Å². The summed E-state index contributed by atoms with van der Waals surface area (Å²) in [5, 5.41) is 0. The van der Waals surface area contributed by atoms with E-state index in [0.717, 1.165) is 19.3 Å². The van der Waals surface area contributed by atoms with Gasteiger partial charge in [0.2, 0.25) is 0 Å². The molecular weight excluding hydrogens is 140 g/mol. The third-order valence-electron chi connectivity index (χ3n) is 1.59. The zero-order valence-electron chi connectivity index (χ0n) is 7.67. The third-order valence-corrected chi connectivity index (χ3v) is 1.59. The molecule has 0 N–H and O–H groups in total. The maximum Gasteiger partial charge on any atom is 0.293 e. The fraction of sp³-hybridized carbons (Fsp3) is 0.889. The summed E-state index contributed by atoms with van der Waals surface area (Å²) >= 11 is 0. The Morgan fingerprint density at radius 3 is 2.45 bits per heavy atom. The highest BCUT2D eigenvalue weighted by molar-refractivity contribution is 5.37. The molecule has 0 heterocycles. The Balaban J connectivity index is 3.58. The zero-order chi connectivity index (χ0) is 8.69. The minimum atomic E-state index is 0.137. The summed E-state index contributed by atoms with van der Waals surface area (Å²) in [6.45, 7) is 6.93. The summed E-state index contributed by atoms with van der Waals surface area (Å²) in [6, 6.07) is 0. The van der Waals surface area contributed by atoms with Crippen LogP contribution in [0.25, 0.3) is 0 Å². The Kier molecular flexibility index (Phi) is 5.90. The molecule has 11 heavy (non-hydrogen) atoms. The van der Waals surface area contributed by atoms with Crippen molar-refractivity contribution in [3.63, 3.8) is 0 Å². The van der Waals surface area contributed by atoms with Crippen molar-refractivity contribution in [3.8, 4) is 0 Å². The molecule has 0 aliphatic carbocycles. The Morgan fingerprint density at radius 2 is 2.09 bits per heavy atom. The van der Waals surface area contributed by atoms with Gasteiger partial charge >= 0.3 is 0 Å². The van der Waals surface area contributed by atoms with Gasteiger partial charge in [-0.1, -0.05) is 27.2 Å². The Labute approximate surface area is 68.9 Å². The van der Waals surface area contributed by atoms with Gasteiger partial charge in [0.15, 0.2) is 0 Å². The second-order valence-corrected chi connectivity index (χ2v) is 3.27. The normalized spacial score (nSPS) is 13.1. The molecule has 0 saturated carbocycles. The van der Waals surface area contributed by atoms with Crippen LogP contribution >= 0.6 is 0 Å². The highest BCUT2D eigenvalue weighted by atomic mass is 16.5. The van der Waals surface area contributed by atoms with E-state index in [9.17, 15) is 4.79 Å². The molecule has 0 amide bonds. The Morgan fingerprint density at radius 1 is 1.45 bits per heavy atom. The van der Waals surface area contributed by atoms with Gasteiger partial charge in [-0.05, 0) is 18.8 Å². The molecule has 2 nitrogen and oxygen atoms in total. The van der Waals surface area contributed by atoms with E-state index < -0.39 is 0 Å². The highest BCUT2D eigenvalue weighted by Crippen LogP contribution is 2.12. The van der Waals surface area contributed by atoms with Crippen LogP contribution in [0.1, 0.15) is 40.0 Å². The van der Waals surface area contributed by atoms with Crippen LogP contribution in [-0.4, -0.2) is 12.6 Å². The second-order valence-electron chi connectivity index (χ2n) is 3.27. The molecule has 0 aromatic rings. The molecule has 0 spiro atoms. The number of rotatable bonds is 6. The molecule has 0 aliphatic heterocycles. The number of hydrogen-bond acceptors (Lipinski definition) is 2. The SMILES string of the molecule is CCC[C@H](CC(C)C)OC=O. The van der Waals surface area contributed by atoms with E-state index in [1.165, 1.54) is 0 Å². The van der Waals surface area contributed by atoms with Gasteiger partial charge in [0, 0.05) is 0 Å². The lowest BCUT2D eigenvalue weighted by Gasteiger charge is -2.15. The average Bonchev–Trinajstić information content (AvgIpc) is 1.87. The quantitative estimate of drug-likeness (QED) is 0.555. The summed E-state index contributed by atoms with van der Waals surface area (Å²) in [7, 11) is 0. The molecule has 0 aromatic heterocycles. The molecule has 2 heteroatoms. The summed E-state index contributed by atoms with van der Waals surface area (Å²) in [5.74, 6) is 0.603. The standard InChI is InChI=1S/C9H18O2/c1-4-5-9(11-7-10)6-8(2)3/h7-9H,4-6H2,1-3H3/t9-/m1/s1. The van der Waals surface area contributed by atoms with Gasteiger partial charge in [0.05, 0.1) is 0 Å². The molecule has 0 fully saturated rings. The molecule has 0 saturated heterocycles. The van der Waals surface area contributed by atoms with Gasteiger partial charge in [-0.2, -0.15) is 0 Å². The first kappa shape index (κ1) is 10.5. The molecule has 66 valence electrons. The van der Waals surface area contributed by atoms with E-state index >= 15 is 0 Å². The number of ether oxygens (including phenoxy) is 1. The molecule has 0 radical (unpaired) electrons. The maximum atomic E-state index is 10.0. The van der Waals surface area contributed by atoms with Crippen molar-refractivity contribution in [2.24, 2.45) is 5.92 Å². The Hall–Kier alpha value is -0.530. The maximum absolute atomic E-state index is 10.0. The summed E-state index contributed by atoms with van der Waals surface area (Å²) < 4.78 is 4.91. The zero-order valence-corrected chi connectivity index (χ0v) is 7.67. The van der Waals surface area contributed by atoms with Gasteiger partial charge in [0.25, 0.3) is 6.47 Å². The molecular formula is C9H18O2. The second kappa shape index (κ2) is 6.20. The van der Waals surface area contributed by atoms with E-state index in [-0.39, 0.29) is 6.10 Å². The predicted molar refractivity (Wildman–Crippen MR) is 45.3 cm³/mol. The monoisotopic (exact) mass is 158 g/mol. The first-order valence-electron chi connectivity index (χ1n) is 4.29. The molecule has 0 unspecified atom stereocenters. The van der Waals surface area contributed by atoms with Crippen molar-refractivity contribution in [2.45, 2.75) is 46.1 Å². The van der Waals surface area contributed by atoms with E-state index in [4.69, 9.17) is 4.74 Å². The van der Waals surface area contributed by atoms with Crippen LogP contribution in [0.2, 0.25) is 0 Å². The highest BCUT2D eigenvalue weighted by Gasteiger charge is 2.09. The lowest BCUT2D eigenvalue weighted by atomic mass is 10.0. The third kappa shape index (κ3) is 5.89. The minimum absolute atomic E-state index is 0.137. The Bertz CT molecular complexity index is 99.7. The van der Waals surface area contributed by atoms with Crippen molar-refractivity contribution in [1.82, 2.24) is 0 Å². The van der Waals surface area contributed by atoms with Gasteiger partial charge in [-0.3, -0.25) is 4.79 Å². The molecule has 0 aromatic carbocycles. The van der Waals surface area contributed by atoms with Crippen molar-refractivity contribution < 1.29 is 9.53 Å². The number of carbonyl (C=O) groups is 1. The first-order valence-corrected chi connectivity index (χ1v) is 4.29. The van der Waals surface area contributed by atoms with E-state index in [1.54, 1.807) is 0 Å². The van der Waals surface area contributed by atoms with Gasteiger partial charge in [0.1, 0.15) is 6.10 Å². The smallest absolute Gasteiger partial charge is 0.293 e. The van der Waals surface area contributed by atoms with Crippen LogP contribution in [0.4, 0.5) is 0 Å². The summed E-state index contributed by atoms with van der Waals surface area (Å²) in [4.78, 5) is 10.0. The lowest BCUT2D eigenvalue weighted by Crippen LogP contribution is -2.14. The lowest BCUT2D eigenvalue weighted by molar-refractivity contribution is -0.134. The minimum Gasteiger partial charge on any atom is -0.465 e. The summed E-state index contributed by atoms with van der Waals surface area (Å²) in [5.41, 5.74) is 0. The van der Waals surface area contributed by atoms with Crippen LogP contribution in [-0.2, 0) is 9.53 Å². The van der Waals surface area contributed by atoms with Crippen LogP contribution in [0.5, 0.6) is 0 Å². The largest absolute Gasteiger partial charge is 0.465 e. The van der Waals surface area contributed by atoms with Crippen molar-refractivity contribution in [2.75, 3.05) is 0 Å². The molecule has 0 rings (SSSR count). The molecule has 1 atom stereocenters. The number of hydrogen-bond donors (Lipinski definition) is 0. The average molecular weight is 158 g/mol. The van der Waals surface area contributed by atoms with E-state index in [1.807, 2.05) is 0 Å². The predicted octanol–water partition coefficient (Wildman–Crippen LogP) is 2.37. The van der Waals surface area contributed by atoms with E-state index in [0.29, 0.717) is 12.4 Å². The summed E-state index contributed by atoms with van der Waals surface area (Å²) in [6.07, 6.45) is 3.17. The fourth-order valence-electron chi connectivity index (χ4n) is 1.17. The van der Waals surface area contributed by atoms with Crippen molar-refractivity contribution in [3.05, 3.63) is 0 Å². The molecule has 0 bridgehead atoms. The number of carbonyl (C=O) groups excluding carboxylic acids is 1. The van der Waals surface area contributed by atoms with Crippen LogP contribution in [0, 0.1) is 5.92 Å². The van der Waals surface area contributed by atoms with Crippen LogP contribution < -0.4 is 0 Å². The van der Waals surface area contributed by atoms with Gasteiger partial charge < -0.3 is 4.74 Å². The van der Waals surface area contributed by atoms with E-state index in [2.05, 4.69) is 20.8 Å². The fourth-order valence-corrected chi connectivity index (χ4v) is 1.17. The first-order chi connectivity index (χ1) is 5.20. The van der Waals surface area contributed by atoms with Gasteiger partial charge in [-0.15, -0.1) is 0 Å². The topological polar surface area (TPSA) is 26.3 Å². The van der Waals surface area contributed by atoms with Crippen LogP contribution in [0.15, 0.2) is 0 Å². The van der Waals surface area contributed by atoms with Crippen molar-refractivity contribution in [1.29, 1.82) is 0 Å². The van der Waals surface area contributed by atoms with Crippen molar-refractivity contribution >= 4 is 6.47 Å². The molecule has 0 aliphatic rings.